The molecule has 1 aromatic carbocycles. The summed E-state index contributed by atoms with van der Waals surface area (Å²) in [6.07, 6.45) is 2.01. The third kappa shape index (κ3) is 4.06. The molecule has 0 aliphatic rings. The first-order valence-corrected chi connectivity index (χ1v) is 6.03. The highest BCUT2D eigenvalue weighted by molar-refractivity contribution is 5.76. The maximum Gasteiger partial charge on any atom is 0.221 e. The number of nitrogens with two attached hydrogens (primary N) is 1. The maximum absolute atomic E-state index is 10.8. The Balaban J connectivity index is 1.94. The highest BCUT2D eigenvalue weighted by Crippen LogP contribution is 2.11. The lowest BCUT2D eigenvalue weighted by Crippen LogP contribution is -2.13. The van der Waals surface area contributed by atoms with Gasteiger partial charge in [-0.15, -0.1) is 0 Å². The van der Waals surface area contributed by atoms with Crippen LogP contribution >= 0.6 is 0 Å². The number of anilines is 1. The molecule has 0 atom stereocenters. The van der Waals surface area contributed by atoms with Gasteiger partial charge in [0.15, 0.2) is 0 Å². The number of carbonyl (C=O) groups is 1. The van der Waals surface area contributed by atoms with Crippen LogP contribution in [-0.2, 0) is 17.8 Å². The molecule has 0 bridgehead atoms. The third-order valence-electron chi connectivity index (χ3n) is 2.64. The number of nitrogens with one attached hydrogen (secondary N) is 1. The number of amides is 1. The van der Waals surface area contributed by atoms with Gasteiger partial charge in [-0.2, -0.15) is 0 Å². The summed E-state index contributed by atoms with van der Waals surface area (Å²) >= 11 is 0. The van der Waals surface area contributed by atoms with E-state index in [4.69, 9.17) is 5.73 Å². The molecular weight excluding hydrogens is 240 g/mol. The number of nitrogens with zero attached hydrogens (tertiary/aromatic N) is 2. The van der Waals surface area contributed by atoms with E-state index >= 15 is 0 Å². The van der Waals surface area contributed by atoms with Gasteiger partial charge in [-0.05, 0) is 30.7 Å². The van der Waals surface area contributed by atoms with Crippen molar-refractivity contribution in [3.63, 3.8) is 0 Å². The molecule has 2 aromatic rings. The largest absolute Gasteiger partial charge is 0.379 e. The summed E-state index contributed by atoms with van der Waals surface area (Å²) in [5.41, 5.74) is 7.97. The summed E-state index contributed by atoms with van der Waals surface area (Å²) in [5.74, 6) is 0.438. The number of primary amides is 1. The van der Waals surface area contributed by atoms with Gasteiger partial charge in [0.25, 0.3) is 0 Å². The Morgan fingerprint density at radius 3 is 2.63 bits per heavy atom. The van der Waals surface area contributed by atoms with Crippen LogP contribution in [0.1, 0.15) is 17.1 Å². The maximum atomic E-state index is 10.8. The van der Waals surface area contributed by atoms with E-state index in [9.17, 15) is 4.79 Å². The minimum atomic E-state index is -0.322. The van der Waals surface area contributed by atoms with Gasteiger partial charge in [-0.3, -0.25) is 4.79 Å². The molecule has 3 N–H and O–H groups in total. The van der Waals surface area contributed by atoms with E-state index in [1.165, 1.54) is 0 Å². The van der Waals surface area contributed by atoms with Crippen LogP contribution in [0.25, 0.3) is 0 Å². The van der Waals surface area contributed by atoms with E-state index in [1.54, 1.807) is 6.20 Å². The lowest BCUT2D eigenvalue weighted by molar-refractivity contribution is -0.117. The third-order valence-corrected chi connectivity index (χ3v) is 2.64. The van der Waals surface area contributed by atoms with Crippen LogP contribution in [0, 0.1) is 6.92 Å². The van der Waals surface area contributed by atoms with Crippen molar-refractivity contribution in [2.24, 2.45) is 5.73 Å². The molecule has 0 aliphatic heterocycles. The Bertz CT molecular complexity index is 566. The summed E-state index contributed by atoms with van der Waals surface area (Å²) in [4.78, 5) is 19.2. The molecule has 98 valence electrons. The molecule has 19 heavy (non-hydrogen) atoms. The topological polar surface area (TPSA) is 80.9 Å². The van der Waals surface area contributed by atoms with Crippen LogP contribution in [0.5, 0.6) is 0 Å². The van der Waals surface area contributed by atoms with Gasteiger partial charge in [0.1, 0.15) is 5.82 Å². The molecular formula is C14H16N4O. The molecule has 1 amide bonds. The molecule has 5 nitrogen and oxygen atoms in total. The number of hydrogen-bond donors (Lipinski definition) is 2. The van der Waals surface area contributed by atoms with E-state index in [-0.39, 0.29) is 12.3 Å². The summed E-state index contributed by atoms with van der Waals surface area (Å²) in [6.45, 7) is 2.50. The fourth-order valence-electron chi connectivity index (χ4n) is 1.74. The number of benzene rings is 1. The molecule has 0 spiro atoms. The fraction of sp³-hybridized carbons (Fsp3) is 0.214. The number of hydrogen-bond acceptors (Lipinski definition) is 4. The van der Waals surface area contributed by atoms with Crippen LogP contribution in [0.4, 0.5) is 5.69 Å². The average Bonchev–Trinajstić information content (AvgIpc) is 2.37. The fourth-order valence-corrected chi connectivity index (χ4v) is 1.74. The Morgan fingerprint density at radius 1 is 1.26 bits per heavy atom. The Morgan fingerprint density at radius 2 is 2.00 bits per heavy atom. The van der Waals surface area contributed by atoms with Gasteiger partial charge in [0.2, 0.25) is 5.91 Å². The van der Waals surface area contributed by atoms with Gasteiger partial charge < -0.3 is 11.1 Å². The molecule has 0 aliphatic carbocycles. The van der Waals surface area contributed by atoms with Crippen molar-refractivity contribution in [1.29, 1.82) is 0 Å². The molecule has 0 unspecified atom stereocenters. The van der Waals surface area contributed by atoms with Crippen LogP contribution in [0.3, 0.4) is 0 Å². The molecule has 2 rings (SSSR count). The van der Waals surface area contributed by atoms with E-state index in [1.807, 2.05) is 37.3 Å². The molecule has 0 radical (unpaired) electrons. The van der Waals surface area contributed by atoms with Gasteiger partial charge in [0.05, 0.1) is 18.7 Å². The van der Waals surface area contributed by atoms with Crippen molar-refractivity contribution >= 4 is 11.6 Å². The first-order chi connectivity index (χ1) is 9.13. The zero-order valence-electron chi connectivity index (χ0n) is 10.8. The minimum absolute atomic E-state index is 0.269. The smallest absolute Gasteiger partial charge is 0.221 e. The van der Waals surface area contributed by atoms with Crippen molar-refractivity contribution in [3.05, 3.63) is 53.6 Å². The van der Waals surface area contributed by atoms with Crippen molar-refractivity contribution in [2.75, 3.05) is 5.32 Å². The van der Waals surface area contributed by atoms with E-state index < -0.39 is 0 Å². The second-order valence-electron chi connectivity index (χ2n) is 4.29. The first kappa shape index (κ1) is 13.0. The predicted molar refractivity (Wildman–Crippen MR) is 73.4 cm³/mol. The molecule has 0 saturated carbocycles. The summed E-state index contributed by atoms with van der Waals surface area (Å²) in [7, 11) is 0. The van der Waals surface area contributed by atoms with Crippen LogP contribution in [0.15, 0.2) is 36.5 Å². The normalized spacial score (nSPS) is 10.2. The molecule has 1 aromatic heterocycles. The van der Waals surface area contributed by atoms with E-state index in [0.29, 0.717) is 6.54 Å². The molecule has 0 saturated heterocycles. The van der Waals surface area contributed by atoms with Crippen molar-refractivity contribution in [1.82, 2.24) is 9.97 Å². The van der Waals surface area contributed by atoms with Crippen molar-refractivity contribution in [3.8, 4) is 0 Å². The van der Waals surface area contributed by atoms with Gasteiger partial charge in [0, 0.05) is 11.9 Å². The highest BCUT2D eigenvalue weighted by Gasteiger charge is 1.99. The highest BCUT2D eigenvalue weighted by atomic mass is 16.1. The number of aromatic nitrogens is 2. The first-order valence-electron chi connectivity index (χ1n) is 6.03. The number of carbonyl (C=O) groups excluding carboxylic acids is 1. The van der Waals surface area contributed by atoms with Crippen LogP contribution in [-0.4, -0.2) is 15.9 Å². The van der Waals surface area contributed by atoms with Crippen molar-refractivity contribution < 1.29 is 4.79 Å². The summed E-state index contributed by atoms with van der Waals surface area (Å²) in [5, 5.41) is 3.26. The summed E-state index contributed by atoms with van der Waals surface area (Å²) < 4.78 is 0. The summed E-state index contributed by atoms with van der Waals surface area (Å²) in [6, 6.07) is 9.50. The minimum Gasteiger partial charge on any atom is -0.379 e. The zero-order chi connectivity index (χ0) is 13.7. The molecule has 1 heterocycles. The van der Waals surface area contributed by atoms with Crippen LogP contribution in [0.2, 0.25) is 0 Å². The van der Waals surface area contributed by atoms with Crippen LogP contribution < -0.4 is 11.1 Å². The van der Waals surface area contributed by atoms with Gasteiger partial charge in [-0.1, -0.05) is 12.1 Å². The predicted octanol–water partition coefficient (Wildman–Crippen LogP) is 1.42. The SMILES string of the molecule is Cc1nccc(CNc2ccc(CC(N)=O)cc2)n1. The second kappa shape index (κ2) is 5.95. The Kier molecular flexibility index (Phi) is 4.07. The van der Waals surface area contributed by atoms with Gasteiger partial charge >= 0.3 is 0 Å². The standard InChI is InChI=1S/C14H16N4O/c1-10-16-7-6-13(18-10)9-17-12-4-2-11(3-5-12)8-14(15)19/h2-7,17H,8-9H2,1H3,(H2,15,19). The van der Waals surface area contributed by atoms with Crippen molar-refractivity contribution in [2.45, 2.75) is 19.9 Å². The number of rotatable bonds is 5. The molecule has 0 fully saturated rings. The Labute approximate surface area is 111 Å². The lowest BCUT2D eigenvalue weighted by Gasteiger charge is -2.07. The average molecular weight is 256 g/mol. The second-order valence-corrected chi connectivity index (χ2v) is 4.29. The molecule has 5 heteroatoms. The number of aryl methyl sites for hydroxylation is 1. The monoisotopic (exact) mass is 256 g/mol. The van der Waals surface area contributed by atoms with Gasteiger partial charge in [-0.25, -0.2) is 9.97 Å². The van der Waals surface area contributed by atoms with E-state index in [0.717, 1.165) is 22.8 Å². The zero-order valence-corrected chi connectivity index (χ0v) is 10.8. The lowest BCUT2D eigenvalue weighted by atomic mass is 10.1. The Hall–Kier alpha value is -2.43. The quantitative estimate of drug-likeness (QED) is 0.847. The van der Waals surface area contributed by atoms with E-state index in [2.05, 4.69) is 15.3 Å².